The van der Waals surface area contributed by atoms with E-state index in [4.69, 9.17) is 0 Å². The second-order valence-corrected chi connectivity index (χ2v) is 6.21. The van der Waals surface area contributed by atoms with Gasteiger partial charge >= 0.3 is 0 Å². The van der Waals surface area contributed by atoms with Crippen LogP contribution in [-0.4, -0.2) is 24.9 Å². The smallest absolute Gasteiger partial charge is 0.251 e. The summed E-state index contributed by atoms with van der Waals surface area (Å²) in [5.41, 5.74) is 0.661. The maximum Gasteiger partial charge on any atom is 0.251 e. The van der Waals surface area contributed by atoms with Gasteiger partial charge in [-0.3, -0.25) is 9.59 Å². The molecule has 2 amide bonds. The Morgan fingerprint density at radius 3 is 2.08 bits per heavy atom. The summed E-state index contributed by atoms with van der Waals surface area (Å²) in [7, 11) is 0. The second-order valence-electron chi connectivity index (χ2n) is 6.21. The van der Waals surface area contributed by atoms with E-state index in [9.17, 15) is 9.59 Å². The minimum atomic E-state index is -0.122. The van der Waals surface area contributed by atoms with E-state index in [-0.39, 0.29) is 11.8 Å². The Labute approximate surface area is 145 Å². The summed E-state index contributed by atoms with van der Waals surface area (Å²) >= 11 is 0. The average Bonchev–Trinajstić information content (AvgIpc) is 2.63. The third-order valence-corrected chi connectivity index (χ3v) is 4.56. The van der Waals surface area contributed by atoms with Crippen molar-refractivity contribution >= 4 is 44.1 Å². The normalized spacial score (nSPS) is 11.2. The van der Waals surface area contributed by atoms with Gasteiger partial charge in [0.2, 0.25) is 5.91 Å². The zero-order valence-electron chi connectivity index (χ0n) is 13.9. The highest BCUT2D eigenvalue weighted by Gasteiger charge is 2.14. The quantitative estimate of drug-likeness (QED) is 0.445. The maximum absolute atomic E-state index is 12.6. The topological polar surface area (TPSA) is 58.2 Å². The predicted octanol–water partition coefficient (Wildman–Crippen LogP) is 3.45. The Hall–Kier alpha value is -3.14. The molecule has 0 aromatic heterocycles. The molecule has 0 saturated heterocycles. The van der Waals surface area contributed by atoms with Crippen molar-refractivity contribution in [2.24, 2.45) is 0 Å². The number of carbonyl (C=O) groups excluding carboxylic acids is 2. The molecule has 0 saturated carbocycles. The van der Waals surface area contributed by atoms with Crippen molar-refractivity contribution in [1.82, 2.24) is 10.6 Å². The molecule has 0 heterocycles. The van der Waals surface area contributed by atoms with Crippen LogP contribution < -0.4 is 10.6 Å². The number of hydrogen-bond acceptors (Lipinski definition) is 2. The zero-order valence-corrected chi connectivity index (χ0v) is 13.9. The Morgan fingerprint density at radius 1 is 0.760 bits per heavy atom. The zero-order chi connectivity index (χ0) is 17.4. The summed E-state index contributed by atoms with van der Waals surface area (Å²) < 4.78 is 0. The lowest BCUT2D eigenvalue weighted by atomic mass is 9.92. The average molecular weight is 330 g/mol. The van der Waals surface area contributed by atoms with E-state index in [0.717, 1.165) is 16.2 Å². The molecular weight excluding hydrogens is 312 g/mol. The fraction of sp³-hybridized carbons (Fsp3) is 0.143. The number of benzene rings is 4. The molecule has 0 unspecified atom stereocenters. The standard InChI is InChI=1S/C21H18N2O2/c1-13(24)22-11-12-23-21(25)18-10-8-16-6-5-14-3-2-4-15-7-9-17(18)20(16)19(14)15/h2-10H,11-12H2,1H3,(H,22,24)(H,23,25). The van der Waals surface area contributed by atoms with Crippen molar-refractivity contribution in [2.45, 2.75) is 6.92 Å². The van der Waals surface area contributed by atoms with Crippen molar-refractivity contribution in [2.75, 3.05) is 13.1 Å². The van der Waals surface area contributed by atoms with E-state index < -0.39 is 0 Å². The fourth-order valence-electron chi connectivity index (χ4n) is 3.44. The molecule has 4 aromatic rings. The molecule has 0 atom stereocenters. The Bertz CT molecular complexity index is 1090. The van der Waals surface area contributed by atoms with E-state index in [1.54, 1.807) is 0 Å². The number of hydrogen-bond donors (Lipinski definition) is 2. The van der Waals surface area contributed by atoms with Crippen LogP contribution in [0.3, 0.4) is 0 Å². The molecule has 4 heteroatoms. The molecule has 4 rings (SSSR count). The molecule has 0 bridgehead atoms. The summed E-state index contributed by atoms with van der Waals surface area (Å²) in [6.07, 6.45) is 0. The Morgan fingerprint density at radius 2 is 1.36 bits per heavy atom. The number of rotatable bonds is 4. The van der Waals surface area contributed by atoms with Crippen LogP contribution in [0.5, 0.6) is 0 Å². The monoisotopic (exact) mass is 330 g/mol. The SMILES string of the molecule is CC(=O)NCCNC(=O)c1ccc2ccc3cccc4ccc1c2c34. The summed E-state index contributed by atoms with van der Waals surface area (Å²) in [4.78, 5) is 23.5. The number of nitrogens with one attached hydrogen (secondary N) is 2. The molecular formula is C21H18N2O2. The third-order valence-electron chi connectivity index (χ3n) is 4.56. The molecule has 0 radical (unpaired) electrons. The van der Waals surface area contributed by atoms with Crippen molar-refractivity contribution in [3.63, 3.8) is 0 Å². The fourth-order valence-corrected chi connectivity index (χ4v) is 3.44. The number of carbonyl (C=O) groups is 2. The van der Waals surface area contributed by atoms with Gasteiger partial charge in [-0.1, -0.05) is 48.5 Å². The van der Waals surface area contributed by atoms with E-state index in [0.29, 0.717) is 18.7 Å². The number of amides is 2. The van der Waals surface area contributed by atoms with Gasteiger partial charge in [-0.25, -0.2) is 0 Å². The van der Waals surface area contributed by atoms with Gasteiger partial charge in [0, 0.05) is 25.6 Å². The van der Waals surface area contributed by atoms with Crippen LogP contribution in [0.15, 0.2) is 54.6 Å². The predicted molar refractivity (Wildman–Crippen MR) is 101 cm³/mol. The van der Waals surface area contributed by atoms with Gasteiger partial charge < -0.3 is 10.6 Å². The Kier molecular flexibility index (Phi) is 3.73. The first-order valence-electron chi connectivity index (χ1n) is 8.34. The maximum atomic E-state index is 12.6. The van der Waals surface area contributed by atoms with E-state index in [1.165, 1.54) is 23.1 Å². The highest BCUT2D eigenvalue weighted by atomic mass is 16.2. The molecule has 0 aliphatic carbocycles. The highest BCUT2D eigenvalue weighted by Crippen LogP contribution is 2.35. The van der Waals surface area contributed by atoms with Gasteiger partial charge in [0.25, 0.3) is 5.91 Å². The molecule has 124 valence electrons. The van der Waals surface area contributed by atoms with Crippen LogP contribution in [0.4, 0.5) is 0 Å². The molecule has 4 nitrogen and oxygen atoms in total. The Balaban J connectivity index is 1.77. The third kappa shape index (κ3) is 2.66. The summed E-state index contributed by atoms with van der Waals surface area (Å²) in [6.45, 7) is 2.29. The van der Waals surface area contributed by atoms with Crippen LogP contribution >= 0.6 is 0 Å². The first-order chi connectivity index (χ1) is 12.1. The van der Waals surface area contributed by atoms with Crippen molar-refractivity contribution in [3.05, 3.63) is 60.2 Å². The van der Waals surface area contributed by atoms with Crippen molar-refractivity contribution in [1.29, 1.82) is 0 Å². The largest absolute Gasteiger partial charge is 0.355 e. The van der Waals surface area contributed by atoms with Gasteiger partial charge in [-0.2, -0.15) is 0 Å². The van der Waals surface area contributed by atoms with Crippen LogP contribution in [0.2, 0.25) is 0 Å². The van der Waals surface area contributed by atoms with Gasteiger partial charge in [-0.15, -0.1) is 0 Å². The summed E-state index contributed by atoms with van der Waals surface area (Å²) in [5, 5.41) is 12.3. The molecule has 4 aromatic carbocycles. The van der Waals surface area contributed by atoms with E-state index in [2.05, 4.69) is 47.0 Å². The summed E-state index contributed by atoms with van der Waals surface area (Å²) in [5.74, 6) is -0.222. The summed E-state index contributed by atoms with van der Waals surface area (Å²) in [6, 6.07) is 18.4. The van der Waals surface area contributed by atoms with E-state index >= 15 is 0 Å². The lowest BCUT2D eigenvalue weighted by Crippen LogP contribution is -2.33. The minimum Gasteiger partial charge on any atom is -0.355 e. The first kappa shape index (κ1) is 15.4. The van der Waals surface area contributed by atoms with Crippen molar-refractivity contribution in [3.8, 4) is 0 Å². The molecule has 0 fully saturated rings. The van der Waals surface area contributed by atoms with Gasteiger partial charge in [0.1, 0.15) is 0 Å². The van der Waals surface area contributed by atoms with Gasteiger partial charge in [0.15, 0.2) is 0 Å². The molecule has 0 aliphatic rings. The minimum absolute atomic E-state index is 0.100. The van der Waals surface area contributed by atoms with Crippen molar-refractivity contribution < 1.29 is 9.59 Å². The van der Waals surface area contributed by atoms with Crippen LogP contribution in [-0.2, 0) is 4.79 Å². The second kappa shape index (κ2) is 6.06. The molecule has 2 N–H and O–H groups in total. The van der Waals surface area contributed by atoms with Crippen LogP contribution in [0.25, 0.3) is 32.3 Å². The highest BCUT2D eigenvalue weighted by molar-refractivity contribution is 6.26. The van der Waals surface area contributed by atoms with Crippen LogP contribution in [0, 0.1) is 0 Å². The molecule has 0 spiro atoms. The van der Waals surface area contributed by atoms with Gasteiger partial charge in [-0.05, 0) is 38.4 Å². The lowest BCUT2D eigenvalue weighted by molar-refractivity contribution is -0.118. The van der Waals surface area contributed by atoms with E-state index in [1.807, 2.05) is 18.2 Å². The lowest BCUT2D eigenvalue weighted by Gasteiger charge is -2.14. The molecule has 25 heavy (non-hydrogen) atoms. The first-order valence-corrected chi connectivity index (χ1v) is 8.34. The van der Waals surface area contributed by atoms with Gasteiger partial charge in [0.05, 0.1) is 0 Å². The molecule has 0 aliphatic heterocycles. The van der Waals surface area contributed by atoms with Crippen LogP contribution in [0.1, 0.15) is 17.3 Å².